The van der Waals surface area contributed by atoms with Crippen molar-refractivity contribution in [1.82, 2.24) is 5.32 Å². The number of urea groups is 1. The molecule has 6 heteroatoms. The second kappa shape index (κ2) is 5.67. The Morgan fingerprint density at radius 3 is 2.65 bits per heavy atom. The largest absolute Gasteiger partial charge is 0.373 e. The van der Waals surface area contributed by atoms with Crippen LogP contribution in [0.2, 0.25) is 0 Å². The van der Waals surface area contributed by atoms with Crippen LogP contribution >= 0.6 is 15.9 Å². The van der Waals surface area contributed by atoms with E-state index in [2.05, 4.69) is 21.2 Å². The Kier molecular flexibility index (Phi) is 4.51. The molecule has 1 aromatic carbocycles. The van der Waals surface area contributed by atoms with Gasteiger partial charge in [-0.3, -0.25) is 10.1 Å². The maximum absolute atomic E-state index is 11.5. The number of benzene rings is 1. The maximum Gasteiger partial charge on any atom is 0.318 e. The van der Waals surface area contributed by atoms with Gasteiger partial charge in [-0.05, 0) is 47.5 Å². The predicted molar refractivity (Wildman–Crippen MR) is 69.7 cm³/mol. The van der Waals surface area contributed by atoms with Gasteiger partial charge in [0.1, 0.15) is 6.04 Å². The van der Waals surface area contributed by atoms with Gasteiger partial charge in [-0.25, -0.2) is 4.79 Å². The molecule has 17 heavy (non-hydrogen) atoms. The van der Waals surface area contributed by atoms with Crippen LogP contribution in [-0.4, -0.2) is 18.0 Å². The summed E-state index contributed by atoms with van der Waals surface area (Å²) in [6.07, 6.45) is 0. The number of nitrogens with two attached hydrogens (primary N) is 1. The molecule has 1 atom stereocenters. The number of anilines is 1. The van der Waals surface area contributed by atoms with Crippen molar-refractivity contribution in [1.29, 1.82) is 0 Å². The van der Waals surface area contributed by atoms with Gasteiger partial charge in [0.25, 0.3) is 0 Å². The van der Waals surface area contributed by atoms with Gasteiger partial charge in [-0.2, -0.15) is 0 Å². The molecule has 0 fully saturated rings. The van der Waals surface area contributed by atoms with Gasteiger partial charge >= 0.3 is 6.03 Å². The molecule has 4 N–H and O–H groups in total. The summed E-state index contributed by atoms with van der Waals surface area (Å²) in [7, 11) is 0. The fourth-order valence-corrected chi connectivity index (χ4v) is 1.64. The Balaban J connectivity index is 2.73. The molecule has 0 aromatic heterocycles. The molecule has 0 bridgehead atoms. The van der Waals surface area contributed by atoms with Crippen LogP contribution in [0.3, 0.4) is 0 Å². The second-order valence-corrected chi connectivity index (χ2v) is 4.56. The molecule has 0 aliphatic heterocycles. The minimum Gasteiger partial charge on any atom is -0.373 e. The Labute approximate surface area is 108 Å². The van der Waals surface area contributed by atoms with Crippen LogP contribution in [0.15, 0.2) is 22.7 Å². The second-order valence-electron chi connectivity index (χ2n) is 3.70. The first-order chi connectivity index (χ1) is 7.90. The fourth-order valence-electron chi connectivity index (χ4n) is 1.28. The monoisotopic (exact) mass is 299 g/mol. The Morgan fingerprint density at radius 2 is 2.06 bits per heavy atom. The number of rotatable bonds is 3. The molecular weight excluding hydrogens is 286 g/mol. The summed E-state index contributed by atoms with van der Waals surface area (Å²) in [6, 6.07) is 4.32. The van der Waals surface area contributed by atoms with Crippen LogP contribution in [0.4, 0.5) is 10.5 Å². The summed E-state index contributed by atoms with van der Waals surface area (Å²) in [5.74, 6) is -0.467. The van der Waals surface area contributed by atoms with Crippen molar-refractivity contribution in [2.24, 2.45) is 5.73 Å². The quantitative estimate of drug-likeness (QED) is 0.795. The Hall–Kier alpha value is -1.56. The lowest BCUT2D eigenvalue weighted by Crippen LogP contribution is -2.43. The van der Waals surface area contributed by atoms with Crippen LogP contribution in [0.1, 0.15) is 12.5 Å². The molecule has 5 nitrogen and oxygen atoms in total. The molecular formula is C11H14BrN3O2. The van der Waals surface area contributed by atoms with Gasteiger partial charge < -0.3 is 11.1 Å². The normalized spacial score (nSPS) is 11.7. The minimum absolute atomic E-state index is 0.467. The van der Waals surface area contributed by atoms with Crippen LogP contribution < -0.4 is 16.4 Å². The number of carbonyl (C=O) groups excluding carboxylic acids is 2. The van der Waals surface area contributed by atoms with Crippen molar-refractivity contribution < 1.29 is 9.59 Å². The number of imide groups is 1. The van der Waals surface area contributed by atoms with Crippen molar-refractivity contribution in [3.63, 3.8) is 0 Å². The van der Waals surface area contributed by atoms with Crippen molar-refractivity contribution in [3.8, 4) is 0 Å². The topological polar surface area (TPSA) is 84.2 Å². The minimum atomic E-state index is -0.855. The number of aryl methyl sites for hydroxylation is 1. The number of nitrogens with one attached hydrogen (secondary N) is 2. The maximum atomic E-state index is 11.5. The molecule has 0 spiro atoms. The molecule has 1 aromatic rings. The van der Waals surface area contributed by atoms with E-state index >= 15 is 0 Å². The van der Waals surface area contributed by atoms with Crippen LogP contribution in [-0.2, 0) is 4.79 Å². The highest BCUT2D eigenvalue weighted by Crippen LogP contribution is 2.23. The first kappa shape index (κ1) is 13.5. The molecule has 1 rings (SSSR count). The molecule has 0 saturated heterocycles. The number of hydrogen-bond acceptors (Lipinski definition) is 3. The Morgan fingerprint density at radius 1 is 1.41 bits per heavy atom. The summed E-state index contributed by atoms with van der Waals surface area (Å²) in [6.45, 7) is 3.60. The zero-order valence-corrected chi connectivity index (χ0v) is 11.2. The van der Waals surface area contributed by atoms with Crippen molar-refractivity contribution in [2.45, 2.75) is 19.9 Å². The molecule has 0 saturated carbocycles. The molecule has 0 aliphatic rings. The zero-order chi connectivity index (χ0) is 13.0. The van der Waals surface area contributed by atoms with E-state index in [0.29, 0.717) is 0 Å². The third-order valence-electron chi connectivity index (χ3n) is 2.13. The summed E-state index contributed by atoms with van der Waals surface area (Å²) < 4.78 is 0.849. The van der Waals surface area contributed by atoms with Crippen LogP contribution in [0, 0.1) is 6.92 Å². The highest BCUT2D eigenvalue weighted by molar-refractivity contribution is 9.10. The van der Waals surface area contributed by atoms with Gasteiger partial charge in [0.15, 0.2) is 0 Å². The van der Waals surface area contributed by atoms with Gasteiger partial charge in [0, 0.05) is 10.2 Å². The Bertz CT molecular complexity index is 448. The lowest BCUT2D eigenvalue weighted by atomic mass is 10.2. The van der Waals surface area contributed by atoms with Crippen LogP contribution in [0.25, 0.3) is 0 Å². The highest BCUT2D eigenvalue weighted by atomic mass is 79.9. The first-order valence-corrected chi connectivity index (χ1v) is 5.82. The van der Waals surface area contributed by atoms with E-state index in [1.54, 1.807) is 6.92 Å². The summed E-state index contributed by atoms with van der Waals surface area (Å²) >= 11 is 3.37. The number of carbonyl (C=O) groups is 2. The van der Waals surface area contributed by atoms with Crippen LogP contribution in [0.5, 0.6) is 0 Å². The standard InChI is InChI=1S/C11H14BrN3O2/c1-6-3-4-8(12)9(5-6)14-7(2)10(16)15-11(13)17/h3-5,7,14H,1-2H3,(H3,13,15,16,17). The average Bonchev–Trinajstić information content (AvgIpc) is 2.22. The lowest BCUT2D eigenvalue weighted by molar-refractivity contribution is -0.120. The smallest absolute Gasteiger partial charge is 0.318 e. The molecule has 0 aliphatic carbocycles. The van der Waals surface area contributed by atoms with Crippen molar-refractivity contribution in [3.05, 3.63) is 28.2 Å². The van der Waals surface area contributed by atoms with Gasteiger partial charge in [0.2, 0.25) is 5.91 Å². The van der Waals surface area contributed by atoms with Crippen molar-refractivity contribution >= 4 is 33.6 Å². The van der Waals surface area contributed by atoms with E-state index in [1.165, 1.54) is 0 Å². The highest BCUT2D eigenvalue weighted by Gasteiger charge is 2.15. The molecule has 3 amide bonds. The van der Waals surface area contributed by atoms with Gasteiger partial charge in [0.05, 0.1) is 0 Å². The molecule has 0 radical (unpaired) electrons. The predicted octanol–water partition coefficient (Wildman–Crippen LogP) is 1.75. The zero-order valence-electron chi connectivity index (χ0n) is 9.58. The van der Waals surface area contributed by atoms with E-state index in [1.807, 2.05) is 30.4 Å². The third-order valence-corrected chi connectivity index (χ3v) is 2.83. The number of primary amides is 1. The fraction of sp³-hybridized carbons (Fsp3) is 0.273. The molecule has 1 unspecified atom stereocenters. The number of amides is 3. The number of hydrogen-bond donors (Lipinski definition) is 3. The van der Waals surface area contributed by atoms with Gasteiger partial charge in [-0.15, -0.1) is 0 Å². The van der Waals surface area contributed by atoms with E-state index in [4.69, 9.17) is 5.73 Å². The first-order valence-electron chi connectivity index (χ1n) is 5.03. The summed E-state index contributed by atoms with van der Waals surface area (Å²) in [5, 5.41) is 5.01. The van der Waals surface area contributed by atoms with E-state index in [-0.39, 0.29) is 0 Å². The third kappa shape index (κ3) is 4.07. The molecule has 92 valence electrons. The van der Waals surface area contributed by atoms with E-state index < -0.39 is 18.0 Å². The van der Waals surface area contributed by atoms with Gasteiger partial charge in [-0.1, -0.05) is 6.07 Å². The van der Waals surface area contributed by atoms with Crippen molar-refractivity contribution in [2.75, 3.05) is 5.32 Å². The molecule has 0 heterocycles. The van der Waals surface area contributed by atoms with E-state index in [9.17, 15) is 9.59 Å². The van der Waals surface area contributed by atoms with E-state index in [0.717, 1.165) is 15.7 Å². The lowest BCUT2D eigenvalue weighted by Gasteiger charge is -2.15. The summed E-state index contributed by atoms with van der Waals surface area (Å²) in [5.41, 5.74) is 6.73. The SMILES string of the molecule is Cc1ccc(Br)c(NC(C)C(=O)NC(N)=O)c1. The average molecular weight is 300 g/mol. The summed E-state index contributed by atoms with van der Waals surface area (Å²) in [4.78, 5) is 22.0. The number of halogens is 1.